The van der Waals surface area contributed by atoms with Gasteiger partial charge in [-0.25, -0.2) is 0 Å². The molecule has 0 saturated carbocycles. The Morgan fingerprint density at radius 1 is 1.68 bits per heavy atom. The number of nitro groups is 1. The molecular formula is C10H11BrN4O3S. The van der Waals surface area contributed by atoms with Crippen LogP contribution < -0.4 is 10.7 Å². The largest absolute Gasteiger partial charge is 0.501 e. The Kier molecular flexibility index (Phi) is 5.64. The summed E-state index contributed by atoms with van der Waals surface area (Å²) in [6.07, 6.45) is 1.36. The molecule has 0 bridgehead atoms. The molecule has 19 heavy (non-hydrogen) atoms. The van der Waals surface area contributed by atoms with Crippen molar-refractivity contribution in [2.24, 2.45) is 5.10 Å². The first-order valence-corrected chi connectivity index (χ1v) is 6.39. The Morgan fingerprint density at radius 3 is 2.95 bits per heavy atom. The van der Waals surface area contributed by atoms with E-state index in [4.69, 9.17) is 12.2 Å². The van der Waals surface area contributed by atoms with Gasteiger partial charge < -0.3 is 10.4 Å². The smallest absolute Gasteiger partial charge is 0.312 e. The Hall–Kier alpha value is -1.74. The third-order valence-electron chi connectivity index (χ3n) is 1.98. The van der Waals surface area contributed by atoms with Gasteiger partial charge >= 0.3 is 5.69 Å². The van der Waals surface area contributed by atoms with E-state index in [2.05, 4.69) is 31.8 Å². The highest BCUT2D eigenvalue weighted by Gasteiger charge is 2.17. The molecule has 9 heteroatoms. The van der Waals surface area contributed by atoms with Gasteiger partial charge in [-0.1, -0.05) is 0 Å². The quantitative estimate of drug-likeness (QED) is 0.333. The van der Waals surface area contributed by atoms with Gasteiger partial charge in [0.15, 0.2) is 5.11 Å². The van der Waals surface area contributed by atoms with Crippen molar-refractivity contribution >= 4 is 45.2 Å². The standard InChI is InChI=1S/C10H11BrN4O3S/c1-2-12-10(19)14-13-5-6-3-7(11)9(16)8(4-6)15(17)18/h3-5,16H,2H2,1H3,(H2,12,14,19). The number of nitrogens with zero attached hydrogens (tertiary/aromatic N) is 2. The minimum atomic E-state index is -0.672. The van der Waals surface area contributed by atoms with Gasteiger partial charge in [0, 0.05) is 18.2 Å². The van der Waals surface area contributed by atoms with Crippen LogP contribution in [-0.2, 0) is 0 Å². The molecule has 0 aliphatic heterocycles. The number of nitro benzene ring substituents is 1. The van der Waals surface area contributed by atoms with Crippen molar-refractivity contribution < 1.29 is 10.0 Å². The summed E-state index contributed by atoms with van der Waals surface area (Å²) < 4.78 is 0.220. The van der Waals surface area contributed by atoms with Gasteiger partial charge in [0.05, 0.1) is 15.6 Å². The highest BCUT2D eigenvalue weighted by molar-refractivity contribution is 9.10. The number of benzene rings is 1. The molecular weight excluding hydrogens is 336 g/mol. The van der Waals surface area contributed by atoms with E-state index in [0.29, 0.717) is 17.2 Å². The van der Waals surface area contributed by atoms with E-state index >= 15 is 0 Å². The van der Waals surface area contributed by atoms with E-state index in [0.717, 1.165) is 0 Å². The molecule has 0 unspecified atom stereocenters. The lowest BCUT2D eigenvalue weighted by Crippen LogP contribution is -2.31. The van der Waals surface area contributed by atoms with Crippen molar-refractivity contribution in [3.8, 4) is 5.75 Å². The molecule has 102 valence electrons. The number of aromatic hydroxyl groups is 1. The van der Waals surface area contributed by atoms with Crippen LogP contribution in [-0.4, -0.2) is 27.9 Å². The maximum absolute atomic E-state index is 10.7. The van der Waals surface area contributed by atoms with Gasteiger partial charge in [0.2, 0.25) is 5.75 Å². The molecule has 7 nitrogen and oxygen atoms in total. The number of phenols is 1. The number of halogens is 1. The SMILES string of the molecule is CCNC(=S)NN=Cc1cc(Br)c(O)c([N+](=O)[O-])c1. The Morgan fingerprint density at radius 2 is 2.37 bits per heavy atom. The lowest BCUT2D eigenvalue weighted by molar-refractivity contribution is -0.386. The van der Waals surface area contributed by atoms with Gasteiger partial charge in [-0.15, -0.1) is 0 Å². The molecule has 0 fully saturated rings. The number of hydrogen-bond acceptors (Lipinski definition) is 5. The molecule has 0 radical (unpaired) electrons. The monoisotopic (exact) mass is 346 g/mol. The summed E-state index contributed by atoms with van der Waals surface area (Å²) in [6, 6.07) is 2.71. The lowest BCUT2D eigenvalue weighted by atomic mass is 10.2. The summed E-state index contributed by atoms with van der Waals surface area (Å²) in [7, 11) is 0. The van der Waals surface area contributed by atoms with Crippen LogP contribution in [0.1, 0.15) is 12.5 Å². The second kappa shape index (κ2) is 7.00. The molecule has 0 saturated heterocycles. The molecule has 3 N–H and O–H groups in total. The average molecular weight is 347 g/mol. The molecule has 1 aromatic rings. The van der Waals surface area contributed by atoms with Gasteiger partial charge in [-0.3, -0.25) is 15.5 Å². The van der Waals surface area contributed by atoms with Crippen LogP contribution >= 0.6 is 28.1 Å². The van der Waals surface area contributed by atoms with Crippen LogP contribution in [0.3, 0.4) is 0 Å². The second-order valence-electron chi connectivity index (χ2n) is 3.36. The summed E-state index contributed by atoms with van der Waals surface area (Å²) >= 11 is 7.93. The zero-order valence-corrected chi connectivity index (χ0v) is 12.3. The number of hydrogen-bond donors (Lipinski definition) is 3. The minimum absolute atomic E-state index is 0.220. The topological polar surface area (TPSA) is 99.8 Å². The molecule has 0 spiro atoms. The maximum Gasteiger partial charge on any atom is 0.312 e. The van der Waals surface area contributed by atoms with Crippen molar-refractivity contribution in [3.05, 3.63) is 32.3 Å². The van der Waals surface area contributed by atoms with Gasteiger partial charge in [0.25, 0.3) is 0 Å². The van der Waals surface area contributed by atoms with Gasteiger partial charge in [-0.05, 0) is 41.1 Å². The molecule has 0 aromatic heterocycles. The predicted molar refractivity (Wildman–Crippen MR) is 79.5 cm³/mol. The summed E-state index contributed by atoms with van der Waals surface area (Å²) in [5.74, 6) is -0.418. The molecule has 1 rings (SSSR count). The van der Waals surface area contributed by atoms with E-state index in [1.165, 1.54) is 18.3 Å². The first-order valence-electron chi connectivity index (χ1n) is 5.19. The van der Waals surface area contributed by atoms with Crippen LogP contribution in [0, 0.1) is 10.1 Å². The highest BCUT2D eigenvalue weighted by atomic mass is 79.9. The second-order valence-corrected chi connectivity index (χ2v) is 4.62. The van der Waals surface area contributed by atoms with E-state index in [-0.39, 0.29) is 4.47 Å². The molecule has 1 aromatic carbocycles. The van der Waals surface area contributed by atoms with Crippen LogP contribution in [0.25, 0.3) is 0 Å². The van der Waals surface area contributed by atoms with E-state index in [1.54, 1.807) is 0 Å². The molecule has 0 atom stereocenters. The predicted octanol–water partition coefficient (Wildman–Crippen LogP) is 1.88. The first-order chi connectivity index (χ1) is 8.95. The number of thiocarbonyl (C=S) groups is 1. The number of hydrazone groups is 1. The zero-order chi connectivity index (χ0) is 14.4. The Balaban J connectivity index is 2.88. The van der Waals surface area contributed by atoms with Crippen molar-refractivity contribution in [2.45, 2.75) is 6.92 Å². The van der Waals surface area contributed by atoms with E-state index in [9.17, 15) is 15.2 Å². The van der Waals surface area contributed by atoms with Crippen LogP contribution in [0.5, 0.6) is 5.75 Å². The molecule has 0 aliphatic carbocycles. The summed E-state index contributed by atoms with van der Waals surface area (Å²) in [5, 5.41) is 27.2. The van der Waals surface area contributed by atoms with E-state index < -0.39 is 16.4 Å². The van der Waals surface area contributed by atoms with Crippen LogP contribution in [0.15, 0.2) is 21.7 Å². The third kappa shape index (κ3) is 4.45. The Labute approximate surface area is 123 Å². The van der Waals surface area contributed by atoms with Gasteiger partial charge in [-0.2, -0.15) is 5.10 Å². The van der Waals surface area contributed by atoms with E-state index in [1.807, 2.05) is 6.92 Å². The number of rotatable bonds is 4. The van der Waals surface area contributed by atoms with Crippen molar-refractivity contribution in [1.82, 2.24) is 10.7 Å². The fraction of sp³-hybridized carbons (Fsp3) is 0.200. The maximum atomic E-state index is 10.7. The summed E-state index contributed by atoms with van der Waals surface area (Å²) in [5.41, 5.74) is 2.61. The van der Waals surface area contributed by atoms with Crippen molar-refractivity contribution in [1.29, 1.82) is 0 Å². The first kappa shape index (κ1) is 15.3. The van der Waals surface area contributed by atoms with Crippen LogP contribution in [0.2, 0.25) is 0 Å². The fourth-order valence-electron chi connectivity index (χ4n) is 1.18. The highest BCUT2D eigenvalue weighted by Crippen LogP contribution is 2.34. The zero-order valence-electron chi connectivity index (χ0n) is 9.88. The van der Waals surface area contributed by atoms with Crippen molar-refractivity contribution in [2.75, 3.05) is 6.54 Å². The average Bonchev–Trinajstić information content (AvgIpc) is 2.33. The van der Waals surface area contributed by atoms with Crippen molar-refractivity contribution in [3.63, 3.8) is 0 Å². The molecule has 0 heterocycles. The van der Waals surface area contributed by atoms with Crippen LogP contribution in [0.4, 0.5) is 5.69 Å². The van der Waals surface area contributed by atoms with Gasteiger partial charge in [0.1, 0.15) is 0 Å². The minimum Gasteiger partial charge on any atom is -0.501 e. The normalized spacial score (nSPS) is 10.4. The molecule has 0 amide bonds. The summed E-state index contributed by atoms with van der Waals surface area (Å²) in [6.45, 7) is 2.55. The third-order valence-corrected chi connectivity index (χ3v) is 2.82. The molecule has 0 aliphatic rings. The summed E-state index contributed by atoms with van der Waals surface area (Å²) in [4.78, 5) is 10.1. The number of nitrogens with one attached hydrogen (secondary N) is 2. The lowest BCUT2D eigenvalue weighted by Gasteiger charge is -2.03. The fourth-order valence-corrected chi connectivity index (χ4v) is 1.85. The Bertz CT molecular complexity index is 536. The number of phenolic OH excluding ortho intramolecular Hbond substituents is 1.